The molecule has 0 spiro atoms. The van der Waals surface area contributed by atoms with Crippen molar-refractivity contribution < 1.29 is 47.6 Å². The lowest BCUT2D eigenvalue weighted by Crippen LogP contribution is -2.59. The Labute approximate surface area is 435 Å². The number of halogens is 1. The molecular weight excluding hydrogens is 972 g/mol. The number of piperazine rings is 1. The second-order valence-corrected chi connectivity index (χ2v) is 21.2. The van der Waals surface area contributed by atoms with E-state index >= 15 is 0 Å². The number of pyridine rings is 2. The van der Waals surface area contributed by atoms with Crippen LogP contribution < -0.4 is 30.4 Å². The first-order valence-corrected chi connectivity index (χ1v) is 26.1. The van der Waals surface area contributed by atoms with Crippen LogP contribution in [0.3, 0.4) is 0 Å². The highest BCUT2D eigenvalue weighted by Crippen LogP contribution is 2.41. The lowest BCUT2D eigenvalue weighted by atomic mass is 9.85. The number of rotatable bonds is 22. The summed E-state index contributed by atoms with van der Waals surface area (Å²) in [6.45, 7) is 14.2. The van der Waals surface area contributed by atoms with Crippen LogP contribution in [0, 0.1) is 12.3 Å². The van der Waals surface area contributed by atoms with Crippen molar-refractivity contribution in [3.63, 3.8) is 0 Å². The fourth-order valence-electron chi connectivity index (χ4n) is 9.53. The van der Waals surface area contributed by atoms with E-state index in [0.29, 0.717) is 55.4 Å². The number of fused-ring (bicyclic) bond motifs is 1. The van der Waals surface area contributed by atoms with E-state index in [9.17, 15) is 28.7 Å². The van der Waals surface area contributed by atoms with Crippen LogP contribution in [0.4, 0.5) is 4.39 Å². The molecule has 20 heteroatoms. The number of aliphatic hydroxyl groups is 1. The van der Waals surface area contributed by atoms with Crippen molar-refractivity contribution in [2.24, 2.45) is 12.5 Å². The third-order valence-electron chi connectivity index (χ3n) is 14.0. The number of ether oxygens (including phenoxy) is 5. The zero-order valence-corrected chi connectivity index (χ0v) is 44.2. The first-order chi connectivity index (χ1) is 35.5. The molecule has 2 aromatic carbocycles. The predicted octanol–water partition coefficient (Wildman–Crippen LogP) is 4.89. The highest BCUT2D eigenvalue weighted by atomic mass is 32.1. The van der Waals surface area contributed by atoms with Gasteiger partial charge in [0.2, 0.25) is 11.8 Å². The molecular formula is C54H69FN8O10S. The number of aliphatic hydroxyl groups excluding tert-OH is 1. The fraction of sp³-hybridized carbons (Fsp3) is 0.519. The third kappa shape index (κ3) is 12.7. The highest BCUT2D eigenvalue weighted by molar-refractivity contribution is 7.13. The summed E-state index contributed by atoms with van der Waals surface area (Å²) in [6.07, 6.45) is 4.39. The van der Waals surface area contributed by atoms with Gasteiger partial charge in [-0.2, -0.15) is 0 Å². The van der Waals surface area contributed by atoms with Crippen molar-refractivity contribution in [1.29, 1.82) is 0 Å². The second kappa shape index (κ2) is 23.7. The number of hydrogen-bond donors (Lipinski definition) is 3. The molecule has 3 fully saturated rings. The number of thiazole rings is 1. The molecule has 398 valence electrons. The van der Waals surface area contributed by atoms with Crippen LogP contribution in [0.15, 0.2) is 65.3 Å². The molecule has 5 aromatic rings. The summed E-state index contributed by atoms with van der Waals surface area (Å²) in [5.41, 5.74) is 4.11. The lowest BCUT2D eigenvalue weighted by molar-refractivity contribution is -0.145. The van der Waals surface area contributed by atoms with Crippen molar-refractivity contribution in [2.75, 3.05) is 86.5 Å². The Morgan fingerprint density at radius 2 is 1.62 bits per heavy atom. The van der Waals surface area contributed by atoms with E-state index < -0.39 is 47.0 Å². The van der Waals surface area contributed by atoms with Gasteiger partial charge in [0.1, 0.15) is 35.9 Å². The number of aryl methyl sites for hydroxylation is 2. The van der Waals surface area contributed by atoms with Crippen molar-refractivity contribution >= 4 is 39.8 Å². The number of likely N-dealkylation sites (tertiary alicyclic amines) is 1. The molecule has 2 aliphatic heterocycles. The number of alkyl halides is 1. The Morgan fingerprint density at radius 1 is 0.905 bits per heavy atom. The minimum absolute atomic E-state index is 0.0184. The van der Waals surface area contributed by atoms with Gasteiger partial charge >= 0.3 is 0 Å². The standard InChI is InChI=1S/C54H69FN8O10S/c1-34-47(74-33-58-34)35-8-9-36(28-57-49(65)43-26-38(64)31-63(43)51(67)48(53(2,3)4)59-52(68)54(55)11-12-54)45(24-35)73-23-22-72-21-20-71-19-18-61-14-16-62(17-15-61)30-37-25-46(70-7)40(27-44(37)69-6)42-32-60(5)50(66)41-29-56-13-10-39(41)42/h8-10,13,24-25,27,29,32-33,38,43,48,64H,11-12,14-23,26,28,30-31H2,1-7H3,(H,57,65)(H,59,68)/t38-,43+,48-/m1/s1. The smallest absolute Gasteiger partial charge is 0.259 e. The number of methoxy groups -OCH3 is 2. The summed E-state index contributed by atoms with van der Waals surface area (Å²) >= 11 is 1.52. The molecule has 8 rings (SSSR count). The highest BCUT2D eigenvalue weighted by Gasteiger charge is 2.53. The van der Waals surface area contributed by atoms with E-state index in [0.717, 1.165) is 76.7 Å². The fourth-order valence-corrected chi connectivity index (χ4v) is 10.3. The summed E-state index contributed by atoms with van der Waals surface area (Å²) in [5.74, 6) is 0.148. The molecule has 1 aliphatic carbocycles. The SMILES string of the molecule is COc1cc(-c2cn(C)c(=O)c3cnccc23)c(OC)cc1CN1CCN(CCOCCOCCOc2cc(-c3scnc3C)ccc2CNC(=O)[C@@H]2C[C@@H](O)CN2C(=O)[C@@H](NC(=O)C2(F)CC2)C(C)(C)C)CC1. The normalized spacial score (nSPS) is 18.3. The van der Waals surface area contributed by atoms with Crippen LogP contribution in [0.25, 0.3) is 32.3 Å². The topological polar surface area (TPSA) is 199 Å². The Kier molecular flexibility index (Phi) is 17.3. The molecule has 3 aliphatic rings. The number of carbonyl (C=O) groups is 3. The van der Waals surface area contributed by atoms with Crippen LogP contribution in [-0.4, -0.2) is 162 Å². The molecule has 1 saturated carbocycles. The van der Waals surface area contributed by atoms with Crippen molar-refractivity contribution in [3.05, 3.63) is 87.7 Å². The monoisotopic (exact) mass is 1040 g/mol. The molecule has 0 radical (unpaired) electrons. The van der Waals surface area contributed by atoms with Gasteiger partial charge < -0.3 is 48.9 Å². The Hall–Kier alpha value is -6.03. The maximum Gasteiger partial charge on any atom is 0.259 e. The number of nitrogens with zero attached hydrogens (tertiary/aromatic N) is 6. The van der Waals surface area contributed by atoms with Crippen molar-refractivity contribution in [1.82, 2.24) is 39.9 Å². The Bertz CT molecular complexity index is 2860. The zero-order valence-electron chi connectivity index (χ0n) is 43.4. The van der Waals surface area contributed by atoms with Crippen LogP contribution in [0.1, 0.15) is 56.9 Å². The molecule has 3 aromatic heterocycles. The average Bonchev–Trinajstić information content (AvgIpc) is 3.80. The van der Waals surface area contributed by atoms with Crippen molar-refractivity contribution in [2.45, 2.75) is 83.9 Å². The molecule has 18 nitrogen and oxygen atoms in total. The number of hydrogen-bond acceptors (Lipinski definition) is 15. The quantitative estimate of drug-likeness (QED) is 0.0792. The summed E-state index contributed by atoms with van der Waals surface area (Å²) in [6, 6.07) is 9.52. The Morgan fingerprint density at radius 3 is 2.31 bits per heavy atom. The maximum atomic E-state index is 14.7. The molecule has 0 unspecified atom stereocenters. The minimum atomic E-state index is -1.98. The molecule has 0 bridgehead atoms. The molecule has 74 heavy (non-hydrogen) atoms. The predicted molar refractivity (Wildman–Crippen MR) is 279 cm³/mol. The van der Waals surface area contributed by atoms with E-state index in [1.54, 1.807) is 64.5 Å². The molecule has 5 heterocycles. The van der Waals surface area contributed by atoms with E-state index in [-0.39, 0.29) is 44.5 Å². The van der Waals surface area contributed by atoms with Gasteiger partial charge in [-0.15, -0.1) is 11.3 Å². The van der Waals surface area contributed by atoms with Gasteiger partial charge in [0.15, 0.2) is 5.67 Å². The molecule has 3 N–H and O–H groups in total. The third-order valence-corrected chi connectivity index (χ3v) is 15.0. The first kappa shape index (κ1) is 54.2. The van der Waals surface area contributed by atoms with Crippen LogP contribution in [0.2, 0.25) is 0 Å². The minimum Gasteiger partial charge on any atom is -0.496 e. The van der Waals surface area contributed by atoms with Crippen LogP contribution in [0.5, 0.6) is 17.2 Å². The second-order valence-electron chi connectivity index (χ2n) is 20.4. The number of aromatic nitrogens is 3. The van der Waals surface area contributed by atoms with E-state index in [1.165, 1.54) is 16.2 Å². The number of nitrogens with one attached hydrogen (secondary N) is 2. The Balaban J connectivity index is 0.777. The van der Waals surface area contributed by atoms with Crippen molar-refractivity contribution in [3.8, 4) is 38.8 Å². The average molecular weight is 1040 g/mol. The van der Waals surface area contributed by atoms with E-state index in [4.69, 9.17) is 23.7 Å². The molecule has 3 atom stereocenters. The first-order valence-electron chi connectivity index (χ1n) is 25.2. The van der Waals surface area contributed by atoms with Crippen LogP contribution >= 0.6 is 11.3 Å². The van der Waals surface area contributed by atoms with Gasteiger partial charge in [0.05, 0.1) is 68.2 Å². The molecule has 3 amide bonds. The largest absolute Gasteiger partial charge is 0.496 e. The van der Waals surface area contributed by atoms with E-state index in [1.807, 2.05) is 49.5 Å². The van der Waals surface area contributed by atoms with Gasteiger partial charge in [-0.3, -0.25) is 34.0 Å². The molecule has 2 saturated heterocycles. The van der Waals surface area contributed by atoms with Gasteiger partial charge in [-0.25, -0.2) is 9.37 Å². The summed E-state index contributed by atoms with van der Waals surface area (Å²) < 4.78 is 46.1. The van der Waals surface area contributed by atoms with Gasteiger partial charge in [0.25, 0.3) is 11.5 Å². The van der Waals surface area contributed by atoms with Gasteiger partial charge in [-0.05, 0) is 60.4 Å². The summed E-state index contributed by atoms with van der Waals surface area (Å²) in [7, 11) is 5.06. The maximum absolute atomic E-state index is 14.7. The number of benzene rings is 2. The number of carbonyl (C=O) groups excluding carboxylic acids is 3. The van der Waals surface area contributed by atoms with E-state index in [2.05, 4.69) is 30.4 Å². The lowest BCUT2D eigenvalue weighted by Gasteiger charge is -2.35. The van der Waals surface area contributed by atoms with Gasteiger partial charge in [-0.1, -0.05) is 32.9 Å². The van der Waals surface area contributed by atoms with Gasteiger partial charge in [0, 0.05) is 107 Å². The summed E-state index contributed by atoms with van der Waals surface area (Å²) in [5, 5.41) is 17.5. The zero-order chi connectivity index (χ0) is 52.7. The number of amides is 3. The summed E-state index contributed by atoms with van der Waals surface area (Å²) in [4.78, 5) is 68.9. The number of β-amino-alcohol motifs (C(OH)–C–C–N with tert-alkyl or cyclic N) is 1. The van der Waals surface area contributed by atoms with Crippen LogP contribution in [-0.2, 0) is 44.0 Å².